The lowest BCUT2D eigenvalue weighted by atomic mass is 9.99. The fourth-order valence-corrected chi connectivity index (χ4v) is 4.50. The van der Waals surface area contributed by atoms with Gasteiger partial charge in [0, 0.05) is 50.2 Å². The molecule has 174 valence electrons. The number of aromatic amines is 1. The van der Waals surface area contributed by atoms with E-state index >= 15 is 0 Å². The standard InChI is InChI=1S/C22H21FN8O3/c23-16-10-13(1-2-14(16)11-24)9-15-19-4-6-29(22(33)34)7-8-31(19)27-20(15)21(32)30-5-3-17-18(12-30)26-28-25-17/h1-2,10H,3-9,12H2,(H,33,34)(H,25,26,28). The number of nitrogens with zero attached hydrogens (tertiary/aromatic N) is 7. The minimum absolute atomic E-state index is 0.0530. The maximum Gasteiger partial charge on any atom is 0.407 e. The molecular formula is C22H21FN8O3. The number of nitriles is 1. The van der Waals surface area contributed by atoms with E-state index in [0.717, 1.165) is 11.4 Å². The summed E-state index contributed by atoms with van der Waals surface area (Å²) in [6.07, 6.45) is 0.188. The van der Waals surface area contributed by atoms with Crippen molar-refractivity contribution in [2.75, 3.05) is 19.6 Å². The molecule has 12 heteroatoms. The van der Waals surface area contributed by atoms with Gasteiger partial charge in [0.1, 0.15) is 17.6 Å². The van der Waals surface area contributed by atoms with Crippen LogP contribution in [0.1, 0.15) is 44.3 Å². The smallest absolute Gasteiger partial charge is 0.407 e. The molecule has 4 heterocycles. The zero-order chi connectivity index (χ0) is 23.8. The van der Waals surface area contributed by atoms with Crippen LogP contribution in [0.4, 0.5) is 9.18 Å². The van der Waals surface area contributed by atoms with Crippen LogP contribution in [0.2, 0.25) is 0 Å². The summed E-state index contributed by atoms with van der Waals surface area (Å²) >= 11 is 0. The third kappa shape index (κ3) is 3.85. The van der Waals surface area contributed by atoms with Crippen LogP contribution in [0.25, 0.3) is 0 Å². The van der Waals surface area contributed by atoms with Crippen LogP contribution in [-0.2, 0) is 32.4 Å². The van der Waals surface area contributed by atoms with Crippen LogP contribution in [-0.4, -0.2) is 71.7 Å². The highest BCUT2D eigenvalue weighted by Crippen LogP contribution is 2.26. The van der Waals surface area contributed by atoms with E-state index in [4.69, 9.17) is 5.26 Å². The van der Waals surface area contributed by atoms with E-state index in [1.807, 2.05) is 0 Å². The summed E-state index contributed by atoms with van der Waals surface area (Å²) in [5.41, 5.74) is 3.78. The molecular weight excluding hydrogens is 443 g/mol. The average molecular weight is 464 g/mol. The molecule has 5 rings (SSSR count). The molecule has 2 N–H and O–H groups in total. The molecule has 0 bridgehead atoms. The van der Waals surface area contributed by atoms with Gasteiger partial charge in [-0.1, -0.05) is 6.07 Å². The molecule has 2 aliphatic heterocycles. The van der Waals surface area contributed by atoms with Gasteiger partial charge in [0.05, 0.1) is 24.3 Å². The van der Waals surface area contributed by atoms with Crippen LogP contribution in [0.3, 0.4) is 0 Å². The summed E-state index contributed by atoms with van der Waals surface area (Å²) < 4.78 is 16.0. The van der Waals surface area contributed by atoms with Gasteiger partial charge in [-0.2, -0.15) is 25.8 Å². The first-order valence-electron chi connectivity index (χ1n) is 10.9. The molecule has 1 aromatic carbocycles. The number of rotatable bonds is 3. The lowest BCUT2D eigenvalue weighted by Gasteiger charge is -2.25. The Labute approximate surface area is 193 Å². The maximum absolute atomic E-state index is 14.3. The molecule has 0 unspecified atom stereocenters. The summed E-state index contributed by atoms with van der Waals surface area (Å²) in [6.45, 7) is 1.63. The van der Waals surface area contributed by atoms with Crippen molar-refractivity contribution in [3.63, 3.8) is 0 Å². The number of fused-ring (bicyclic) bond motifs is 2. The highest BCUT2D eigenvalue weighted by molar-refractivity contribution is 5.94. The fraction of sp³-hybridized carbons (Fsp3) is 0.364. The van der Waals surface area contributed by atoms with E-state index in [9.17, 15) is 19.1 Å². The summed E-state index contributed by atoms with van der Waals surface area (Å²) in [5.74, 6) is -0.883. The number of H-pyrrole nitrogens is 1. The SMILES string of the molecule is N#Cc1ccc(Cc2c(C(=O)N3CCc4n[nH]nc4C3)nn3c2CCN(C(=O)O)CC3)cc1F. The predicted molar refractivity (Wildman–Crippen MR) is 114 cm³/mol. The van der Waals surface area contributed by atoms with E-state index in [1.165, 1.54) is 17.0 Å². The Kier molecular flexibility index (Phi) is 5.45. The quantitative estimate of drug-likeness (QED) is 0.595. The number of amides is 2. The van der Waals surface area contributed by atoms with Gasteiger partial charge in [-0.05, 0) is 17.7 Å². The summed E-state index contributed by atoms with van der Waals surface area (Å²) in [4.78, 5) is 28.0. The van der Waals surface area contributed by atoms with Crippen molar-refractivity contribution in [1.82, 2.24) is 35.0 Å². The van der Waals surface area contributed by atoms with Crippen molar-refractivity contribution >= 4 is 12.0 Å². The maximum atomic E-state index is 14.3. The van der Waals surface area contributed by atoms with Crippen LogP contribution >= 0.6 is 0 Å². The zero-order valence-electron chi connectivity index (χ0n) is 18.2. The fourth-order valence-electron chi connectivity index (χ4n) is 4.50. The molecule has 3 aromatic rings. The highest BCUT2D eigenvalue weighted by Gasteiger charge is 2.31. The van der Waals surface area contributed by atoms with Crippen molar-refractivity contribution in [2.24, 2.45) is 0 Å². The van der Waals surface area contributed by atoms with Crippen molar-refractivity contribution in [2.45, 2.75) is 32.4 Å². The second kappa shape index (κ2) is 8.58. The number of benzene rings is 1. The normalized spacial score (nSPS) is 15.3. The summed E-state index contributed by atoms with van der Waals surface area (Å²) in [5, 5.41) is 33.8. The molecule has 11 nitrogen and oxygen atoms in total. The molecule has 34 heavy (non-hydrogen) atoms. The molecule has 2 aromatic heterocycles. The Balaban J connectivity index is 1.51. The van der Waals surface area contributed by atoms with Gasteiger partial charge in [-0.3, -0.25) is 9.48 Å². The topological polar surface area (TPSA) is 144 Å². The number of aromatic nitrogens is 5. The third-order valence-electron chi connectivity index (χ3n) is 6.32. The summed E-state index contributed by atoms with van der Waals surface area (Å²) in [7, 11) is 0. The van der Waals surface area contributed by atoms with Gasteiger partial charge < -0.3 is 14.9 Å². The Bertz CT molecular complexity index is 1320. The Morgan fingerprint density at radius 2 is 1.91 bits per heavy atom. The molecule has 0 radical (unpaired) electrons. The van der Waals surface area contributed by atoms with Gasteiger partial charge in [0.15, 0.2) is 5.69 Å². The van der Waals surface area contributed by atoms with Crippen molar-refractivity contribution < 1.29 is 19.1 Å². The van der Waals surface area contributed by atoms with Crippen molar-refractivity contribution in [3.05, 3.63) is 63.5 Å². The average Bonchev–Trinajstić information content (AvgIpc) is 3.36. The molecule has 2 aliphatic rings. The number of hydrogen-bond donors (Lipinski definition) is 2. The molecule has 2 amide bonds. The first-order valence-corrected chi connectivity index (χ1v) is 10.9. The van der Waals surface area contributed by atoms with E-state index in [1.54, 1.807) is 21.7 Å². The van der Waals surface area contributed by atoms with E-state index in [-0.39, 0.29) is 36.7 Å². The van der Waals surface area contributed by atoms with Gasteiger partial charge in [-0.15, -0.1) is 0 Å². The first-order chi connectivity index (χ1) is 16.4. The molecule has 0 saturated heterocycles. The van der Waals surface area contributed by atoms with E-state index < -0.39 is 11.9 Å². The molecule has 0 aliphatic carbocycles. The minimum Gasteiger partial charge on any atom is -0.465 e. The van der Waals surface area contributed by atoms with Gasteiger partial charge in [-0.25, -0.2) is 9.18 Å². The Morgan fingerprint density at radius 3 is 2.68 bits per heavy atom. The highest BCUT2D eigenvalue weighted by atomic mass is 19.1. The number of hydrogen-bond acceptors (Lipinski definition) is 6. The van der Waals surface area contributed by atoms with Crippen LogP contribution < -0.4 is 0 Å². The predicted octanol–water partition coefficient (Wildman–Crippen LogP) is 1.34. The number of nitrogens with one attached hydrogen (secondary N) is 1. The second-order valence-electron chi connectivity index (χ2n) is 8.31. The van der Waals surface area contributed by atoms with Gasteiger partial charge >= 0.3 is 6.09 Å². The Hall–Kier alpha value is -4.27. The molecule has 0 spiro atoms. The van der Waals surface area contributed by atoms with E-state index in [2.05, 4.69) is 20.5 Å². The van der Waals surface area contributed by atoms with Crippen LogP contribution in [0.5, 0.6) is 0 Å². The number of carbonyl (C=O) groups excluding carboxylic acids is 1. The van der Waals surface area contributed by atoms with E-state index in [0.29, 0.717) is 49.3 Å². The van der Waals surface area contributed by atoms with Crippen molar-refractivity contribution in [3.8, 4) is 6.07 Å². The summed E-state index contributed by atoms with van der Waals surface area (Å²) in [6, 6.07) is 6.17. The van der Waals surface area contributed by atoms with Crippen molar-refractivity contribution in [1.29, 1.82) is 5.26 Å². The molecule has 0 atom stereocenters. The van der Waals surface area contributed by atoms with Gasteiger partial charge in [0.25, 0.3) is 5.91 Å². The lowest BCUT2D eigenvalue weighted by Crippen LogP contribution is -2.37. The second-order valence-corrected chi connectivity index (χ2v) is 8.31. The van der Waals surface area contributed by atoms with Gasteiger partial charge in [0.2, 0.25) is 0 Å². The zero-order valence-corrected chi connectivity index (χ0v) is 18.2. The molecule has 0 saturated carbocycles. The lowest BCUT2D eigenvalue weighted by molar-refractivity contribution is 0.0723. The number of carbonyl (C=O) groups is 2. The molecule has 0 fully saturated rings. The number of halogens is 1. The third-order valence-corrected chi connectivity index (χ3v) is 6.32. The van der Waals surface area contributed by atoms with Crippen LogP contribution in [0.15, 0.2) is 18.2 Å². The number of carboxylic acid groups (broad SMARTS) is 1. The Morgan fingerprint density at radius 1 is 1.12 bits per heavy atom. The minimum atomic E-state index is -1.01. The largest absolute Gasteiger partial charge is 0.465 e. The monoisotopic (exact) mass is 464 g/mol. The van der Waals surface area contributed by atoms with Crippen LogP contribution in [0, 0.1) is 17.1 Å². The first kappa shape index (κ1) is 21.6.